The van der Waals surface area contributed by atoms with Gasteiger partial charge in [0.05, 0.1) is 12.3 Å². The molecule has 0 radical (unpaired) electrons. The Morgan fingerprint density at radius 1 is 1.22 bits per heavy atom. The molecule has 0 saturated heterocycles. The Hall–Kier alpha value is -1.99. The fraction of sp³-hybridized carbons (Fsp3) is 0.684. The predicted molar refractivity (Wildman–Crippen MR) is 92.6 cm³/mol. The van der Waals surface area contributed by atoms with Crippen LogP contribution in [0.15, 0.2) is 12.1 Å². The number of nitrogens with one attached hydrogen (secondary N) is 1. The second-order valence-electron chi connectivity index (χ2n) is 8.34. The van der Waals surface area contributed by atoms with Gasteiger partial charge in [0.2, 0.25) is 0 Å². The smallest absolute Gasteiger partial charge is 0.433 e. The number of rotatable bonds is 5. The summed E-state index contributed by atoms with van der Waals surface area (Å²) < 4.78 is 49.6. The Bertz CT molecular complexity index is 690. The number of amides is 1. The Kier molecular flexibility index (Phi) is 5.27. The molecule has 27 heavy (non-hydrogen) atoms. The average molecular weight is 386 g/mol. The van der Waals surface area contributed by atoms with Crippen LogP contribution in [0.4, 0.5) is 18.0 Å². The van der Waals surface area contributed by atoms with Gasteiger partial charge in [0.1, 0.15) is 17.0 Å². The lowest BCUT2D eigenvalue weighted by Gasteiger charge is -2.36. The van der Waals surface area contributed by atoms with Gasteiger partial charge in [-0.3, -0.25) is 0 Å². The van der Waals surface area contributed by atoms with E-state index in [9.17, 15) is 18.0 Å². The third-order valence-electron chi connectivity index (χ3n) is 4.57. The van der Waals surface area contributed by atoms with E-state index in [1.807, 2.05) is 0 Å². The maximum Gasteiger partial charge on any atom is 0.433 e. The second-order valence-corrected chi connectivity index (χ2v) is 8.34. The van der Waals surface area contributed by atoms with E-state index in [4.69, 9.17) is 9.47 Å². The molecule has 1 N–H and O–H groups in total. The molecule has 2 saturated carbocycles. The lowest BCUT2D eigenvalue weighted by atomic mass is 9.81. The Balaban J connectivity index is 1.48. The molecule has 1 amide bonds. The first-order valence-corrected chi connectivity index (χ1v) is 9.22. The fourth-order valence-corrected chi connectivity index (χ4v) is 3.06. The molecule has 0 bridgehead atoms. The predicted octanol–water partition coefficient (Wildman–Crippen LogP) is 4.66. The number of pyridine rings is 1. The number of aromatic nitrogens is 1. The van der Waals surface area contributed by atoms with Crippen molar-refractivity contribution < 1.29 is 27.4 Å². The minimum absolute atomic E-state index is 0.0436. The molecule has 1 aromatic rings. The van der Waals surface area contributed by atoms with Crippen LogP contribution < -0.4 is 10.1 Å². The Morgan fingerprint density at radius 3 is 2.44 bits per heavy atom. The molecule has 150 valence electrons. The van der Waals surface area contributed by atoms with Crippen LogP contribution in [0.3, 0.4) is 0 Å². The van der Waals surface area contributed by atoms with Crippen molar-refractivity contribution >= 4 is 6.09 Å². The highest BCUT2D eigenvalue weighted by Gasteiger charge is 2.37. The molecule has 0 aromatic carbocycles. The van der Waals surface area contributed by atoms with Gasteiger partial charge in [0, 0.05) is 12.0 Å². The number of alkyl carbamates (subject to hydrolysis) is 1. The maximum atomic E-state index is 12.9. The standard InChI is InChI=1S/C19H25F3N2O3/c1-18(2,3)27-17(25)23-13-8-11(9-13)10-26-14-6-7-15(19(20,21)22)24-16(14)12-4-5-12/h6-7,11-13H,4-5,8-10H2,1-3H3,(H,23,25)/t11-,13+. The van der Waals surface area contributed by atoms with Gasteiger partial charge in [-0.15, -0.1) is 0 Å². The summed E-state index contributed by atoms with van der Waals surface area (Å²) in [5.41, 5.74) is -1.000. The Labute approximate surface area is 156 Å². The van der Waals surface area contributed by atoms with E-state index in [1.54, 1.807) is 20.8 Å². The van der Waals surface area contributed by atoms with Gasteiger partial charge in [-0.2, -0.15) is 13.2 Å². The van der Waals surface area contributed by atoms with Crippen molar-refractivity contribution in [3.05, 3.63) is 23.5 Å². The zero-order valence-corrected chi connectivity index (χ0v) is 15.7. The van der Waals surface area contributed by atoms with Gasteiger partial charge in [0.15, 0.2) is 0 Å². The summed E-state index contributed by atoms with van der Waals surface area (Å²) in [7, 11) is 0. The molecule has 1 aromatic heterocycles. The van der Waals surface area contributed by atoms with Crippen molar-refractivity contribution in [3.63, 3.8) is 0 Å². The molecule has 5 nitrogen and oxygen atoms in total. The highest BCUT2D eigenvalue weighted by Crippen LogP contribution is 2.44. The molecule has 2 fully saturated rings. The Morgan fingerprint density at radius 2 is 1.89 bits per heavy atom. The normalized spacial score (nSPS) is 22.7. The summed E-state index contributed by atoms with van der Waals surface area (Å²) >= 11 is 0. The van der Waals surface area contributed by atoms with Gasteiger partial charge in [-0.1, -0.05) is 0 Å². The van der Waals surface area contributed by atoms with Crippen LogP contribution in [-0.2, 0) is 10.9 Å². The molecular formula is C19H25F3N2O3. The topological polar surface area (TPSA) is 60.5 Å². The van der Waals surface area contributed by atoms with Crippen molar-refractivity contribution in [2.24, 2.45) is 5.92 Å². The number of alkyl halides is 3. The molecule has 0 spiro atoms. The number of halogens is 3. The number of hydrogen-bond acceptors (Lipinski definition) is 4. The number of nitrogens with zero attached hydrogens (tertiary/aromatic N) is 1. The maximum absolute atomic E-state index is 12.9. The van der Waals surface area contributed by atoms with E-state index in [2.05, 4.69) is 10.3 Å². The fourth-order valence-electron chi connectivity index (χ4n) is 3.06. The van der Waals surface area contributed by atoms with Gasteiger partial charge >= 0.3 is 12.3 Å². The minimum Gasteiger partial charge on any atom is -0.491 e. The van der Waals surface area contributed by atoms with Crippen LogP contribution >= 0.6 is 0 Å². The van der Waals surface area contributed by atoms with E-state index in [1.165, 1.54) is 6.07 Å². The third kappa shape index (κ3) is 5.49. The highest BCUT2D eigenvalue weighted by molar-refractivity contribution is 5.68. The average Bonchev–Trinajstić information content (AvgIpc) is 3.31. The number of carbonyl (C=O) groups is 1. The van der Waals surface area contributed by atoms with E-state index < -0.39 is 23.6 Å². The van der Waals surface area contributed by atoms with Crippen LogP contribution in [0.2, 0.25) is 0 Å². The molecule has 2 aliphatic rings. The lowest BCUT2D eigenvalue weighted by molar-refractivity contribution is -0.141. The monoisotopic (exact) mass is 386 g/mol. The zero-order valence-electron chi connectivity index (χ0n) is 15.7. The SMILES string of the molecule is CC(C)(C)OC(=O)N[C@H]1C[C@@H](COc2ccc(C(F)(F)F)nc2C2CC2)C1. The first-order chi connectivity index (χ1) is 12.5. The minimum atomic E-state index is -4.45. The largest absolute Gasteiger partial charge is 0.491 e. The van der Waals surface area contributed by atoms with E-state index >= 15 is 0 Å². The summed E-state index contributed by atoms with van der Waals surface area (Å²) in [5, 5.41) is 2.81. The summed E-state index contributed by atoms with van der Waals surface area (Å²) in [6, 6.07) is 2.38. The lowest BCUT2D eigenvalue weighted by Crippen LogP contribution is -2.47. The summed E-state index contributed by atoms with van der Waals surface area (Å²) in [6.45, 7) is 5.82. The van der Waals surface area contributed by atoms with E-state index in [0.717, 1.165) is 31.7 Å². The molecule has 0 atom stereocenters. The van der Waals surface area contributed by atoms with Gasteiger partial charge in [0.25, 0.3) is 0 Å². The summed E-state index contributed by atoms with van der Waals surface area (Å²) in [4.78, 5) is 15.5. The van der Waals surface area contributed by atoms with Crippen LogP contribution in [0.25, 0.3) is 0 Å². The number of ether oxygens (including phenoxy) is 2. The van der Waals surface area contributed by atoms with E-state index in [-0.39, 0.29) is 17.9 Å². The molecule has 3 rings (SSSR count). The van der Waals surface area contributed by atoms with Crippen molar-refractivity contribution in [2.45, 2.75) is 70.2 Å². The first kappa shape index (κ1) is 19.8. The number of carbonyl (C=O) groups excluding carboxylic acids is 1. The zero-order chi connectivity index (χ0) is 19.8. The van der Waals surface area contributed by atoms with Crippen LogP contribution in [-0.4, -0.2) is 29.3 Å². The number of hydrogen-bond donors (Lipinski definition) is 1. The second kappa shape index (κ2) is 7.20. The van der Waals surface area contributed by atoms with Crippen molar-refractivity contribution in [2.75, 3.05) is 6.61 Å². The van der Waals surface area contributed by atoms with Crippen molar-refractivity contribution in [1.82, 2.24) is 10.3 Å². The summed E-state index contributed by atoms with van der Waals surface area (Å²) in [5.74, 6) is 0.749. The van der Waals surface area contributed by atoms with Crippen LogP contribution in [0.5, 0.6) is 5.75 Å². The molecule has 0 aliphatic heterocycles. The highest BCUT2D eigenvalue weighted by atomic mass is 19.4. The third-order valence-corrected chi connectivity index (χ3v) is 4.57. The van der Waals surface area contributed by atoms with Crippen LogP contribution in [0.1, 0.15) is 63.8 Å². The first-order valence-electron chi connectivity index (χ1n) is 9.22. The van der Waals surface area contributed by atoms with Crippen molar-refractivity contribution in [3.8, 4) is 5.75 Å². The van der Waals surface area contributed by atoms with Gasteiger partial charge < -0.3 is 14.8 Å². The van der Waals surface area contributed by atoms with Crippen molar-refractivity contribution in [1.29, 1.82) is 0 Å². The molecule has 2 aliphatic carbocycles. The van der Waals surface area contributed by atoms with E-state index in [0.29, 0.717) is 18.1 Å². The molecular weight excluding hydrogens is 361 g/mol. The molecule has 0 unspecified atom stereocenters. The molecule has 1 heterocycles. The quantitative estimate of drug-likeness (QED) is 0.800. The molecule has 8 heteroatoms. The summed E-state index contributed by atoms with van der Waals surface area (Å²) in [6.07, 6.45) is -1.68. The van der Waals surface area contributed by atoms with Gasteiger partial charge in [-0.25, -0.2) is 9.78 Å². The van der Waals surface area contributed by atoms with Gasteiger partial charge in [-0.05, 0) is 64.5 Å². The van der Waals surface area contributed by atoms with Crippen LogP contribution in [0, 0.1) is 5.92 Å².